The Kier molecular flexibility index (Phi) is 7.33. The van der Waals surface area contributed by atoms with Crippen LogP contribution in [0.15, 0.2) is 0 Å². The van der Waals surface area contributed by atoms with Gasteiger partial charge in [0, 0.05) is 12.6 Å². The van der Waals surface area contributed by atoms with Gasteiger partial charge in [-0.3, -0.25) is 0 Å². The van der Waals surface area contributed by atoms with Gasteiger partial charge in [0.25, 0.3) is 0 Å². The predicted molar refractivity (Wildman–Crippen MR) is 82.5 cm³/mol. The Bertz CT molecular complexity index is 241. The normalized spacial score (nSPS) is 25.3. The standard InChI is InChI=1S/C16H34N2O/c1-5-9-18-10-6-7-15(8-11-18)17-13-16(4,19)12-14(2)3/h14-15,17,19H,5-13H2,1-4H3. The lowest BCUT2D eigenvalue weighted by atomic mass is 9.94. The highest BCUT2D eigenvalue weighted by Crippen LogP contribution is 2.17. The minimum absolute atomic E-state index is 0.547. The molecule has 0 amide bonds. The molecule has 2 N–H and O–H groups in total. The number of rotatable bonds is 7. The van der Waals surface area contributed by atoms with Gasteiger partial charge in [0.15, 0.2) is 0 Å². The molecule has 0 aromatic rings. The van der Waals surface area contributed by atoms with Crippen molar-refractivity contribution in [3.8, 4) is 0 Å². The SMILES string of the molecule is CCCN1CCCC(NCC(C)(O)CC(C)C)CC1. The first-order valence-corrected chi connectivity index (χ1v) is 8.11. The molecule has 1 aliphatic heterocycles. The van der Waals surface area contributed by atoms with E-state index < -0.39 is 5.60 Å². The van der Waals surface area contributed by atoms with Crippen LogP contribution in [0.5, 0.6) is 0 Å². The largest absolute Gasteiger partial charge is 0.389 e. The molecule has 19 heavy (non-hydrogen) atoms. The van der Waals surface area contributed by atoms with Crippen molar-refractivity contribution in [1.29, 1.82) is 0 Å². The molecule has 0 spiro atoms. The molecule has 3 heteroatoms. The summed E-state index contributed by atoms with van der Waals surface area (Å²) in [6.45, 7) is 13.0. The van der Waals surface area contributed by atoms with Crippen LogP contribution >= 0.6 is 0 Å². The molecule has 2 unspecified atom stereocenters. The van der Waals surface area contributed by atoms with Crippen molar-refractivity contribution in [2.45, 2.75) is 71.4 Å². The molecular formula is C16H34N2O. The van der Waals surface area contributed by atoms with Crippen molar-refractivity contribution in [2.24, 2.45) is 5.92 Å². The fraction of sp³-hybridized carbons (Fsp3) is 1.00. The first-order chi connectivity index (χ1) is 8.93. The van der Waals surface area contributed by atoms with Crippen molar-refractivity contribution >= 4 is 0 Å². The molecule has 0 radical (unpaired) electrons. The number of hydrogen-bond acceptors (Lipinski definition) is 3. The van der Waals surface area contributed by atoms with E-state index in [1.54, 1.807) is 0 Å². The number of aliphatic hydroxyl groups is 1. The van der Waals surface area contributed by atoms with E-state index >= 15 is 0 Å². The summed E-state index contributed by atoms with van der Waals surface area (Å²) in [6, 6.07) is 0.584. The first-order valence-electron chi connectivity index (χ1n) is 8.11. The Morgan fingerprint density at radius 3 is 2.68 bits per heavy atom. The van der Waals surface area contributed by atoms with Crippen LogP contribution in [-0.4, -0.2) is 47.8 Å². The Labute approximate surface area is 119 Å². The van der Waals surface area contributed by atoms with Gasteiger partial charge in [0.1, 0.15) is 0 Å². The monoisotopic (exact) mass is 270 g/mol. The molecule has 0 aromatic heterocycles. The van der Waals surface area contributed by atoms with Crippen molar-refractivity contribution in [1.82, 2.24) is 10.2 Å². The lowest BCUT2D eigenvalue weighted by Crippen LogP contribution is -2.43. The average molecular weight is 270 g/mol. The molecule has 2 atom stereocenters. The molecule has 114 valence electrons. The molecule has 3 nitrogen and oxygen atoms in total. The van der Waals surface area contributed by atoms with Crippen molar-refractivity contribution in [2.75, 3.05) is 26.2 Å². The fourth-order valence-electron chi connectivity index (χ4n) is 3.22. The van der Waals surface area contributed by atoms with Crippen LogP contribution < -0.4 is 5.32 Å². The van der Waals surface area contributed by atoms with E-state index in [0.29, 0.717) is 12.0 Å². The second-order valence-electron chi connectivity index (χ2n) is 6.95. The van der Waals surface area contributed by atoms with Gasteiger partial charge in [-0.15, -0.1) is 0 Å². The number of nitrogens with zero attached hydrogens (tertiary/aromatic N) is 1. The predicted octanol–water partition coefficient (Wildman–Crippen LogP) is 2.64. The third kappa shape index (κ3) is 7.28. The summed E-state index contributed by atoms with van der Waals surface area (Å²) in [5.74, 6) is 0.547. The van der Waals surface area contributed by atoms with Crippen LogP contribution in [0.4, 0.5) is 0 Å². The molecular weight excluding hydrogens is 236 g/mol. The van der Waals surface area contributed by atoms with Gasteiger partial charge in [-0.2, -0.15) is 0 Å². The maximum absolute atomic E-state index is 10.3. The topological polar surface area (TPSA) is 35.5 Å². The Hall–Kier alpha value is -0.120. The van der Waals surface area contributed by atoms with Gasteiger partial charge in [-0.05, 0) is 64.6 Å². The van der Waals surface area contributed by atoms with E-state index in [1.807, 2.05) is 6.92 Å². The summed E-state index contributed by atoms with van der Waals surface area (Å²) < 4.78 is 0. The van der Waals surface area contributed by atoms with E-state index in [4.69, 9.17) is 0 Å². The number of hydrogen-bond donors (Lipinski definition) is 2. The van der Waals surface area contributed by atoms with Crippen LogP contribution in [-0.2, 0) is 0 Å². The molecule has 0 aliphatic carbocycles. The highest BCUT2D eigenvalue weighted by molar-refractivity contribution is 4.81. The smallest absolute Gasteiger partial charge is 0.0746 e. The Balaban J connectivity index is 2.29. The van der Waals surface area contributed by atoms with E-state index in [9.17, 15) is 5.11 Å². The molecule has 1 saturated heterocycles. The van der Waals surface area contributed by atoms with Gasteiger partial charge < -0.3 is 15.3 Å². The summed E-state index contributed by atoms with van der Waals surface area (Å²) >= 11 is 0. The second-order valence-corrected chi connectivity index (χ2v) is 6.95. The van der Waals surface area contributed by atoms with E-state index in [1.165, 1.54) is 45.3 Å². The summed E-state index contributed by atoms with van der Waals surface area (Å²) in [5, 5.41) is 13.9. The van der Waals surface area contributed by atoms with Gasteiger partial charge in [-0.25, -0.2) is 0 Å². The van der Waals surface area contributed by atoms with Crippen LogP contribution in [0, 0.1) is 5.92 Å². The minimum Gasteiger partial charge on any atom is -0.389 e. The van der Waals surface area contributed by atoms with E-state index in [2.05, 4.69) is 31.0 Å². The molecule has 0 bridgehead atoms. The maximum atomic E-state index is 10.3. The summed E-state index contributed by atoms with van der Waals surface area (Å²) in [6.07, 6.45) is 5.87. The lowest BCUT2D eigenvalue weighted by molar-refractivity contribution is 0.0354. The lowest BCUT2D eigenvalue weighted by Gasteiger charge is -2.28. The third-order valence-corrected chi connectivity index (χ3v) is 3.98. The summed E-state index contributed by atoms with van der Waals surface area (Å²) in [4.78, 5) is 2.58. The second kappa shape index (κ2) is 8.23. The molecule has 0 saturated carbocycles. The molecule has 1 aliphatic rings. The zero-order chi connectivity index (χ0) is 14.3. The number of nitrogens with one attached hydrogen (secondary N) is 1. The summed E-state index contributed by atoms with van der Waals surface area (Å²) in [5.41, 5.74) is -0.566. The van der Waals surface area contributed by atoms with Crippen LogP contribution in [0.2, 0.25) is 0 Å². The van der Waals surface area contributed by atoms with Crippen LogP contribution in [0.25, 0.3) is 0 Å². The summed E-state index contributed by atoms with van der Waals surface area (Å²) in [7, 11) is 0. The van der Waals surface area contributed by atoms with Crippen LogP contribution in [0.1, 0.15) is 59.8 Å². The molecule has 1 rings (SSSR count). The fourth-order valence-corrected chi connectivity index (χ4v) is 3.22. The highest BCUT2D eigenvalue weighted by Gasteiger charge is 2.24. The van der Waals surface area contributed by atoms with Gasteiger partial charge in [0.2, 0.25) is 0 Å². The third-order valence-electron chi connectivity index (χ3n) is 3.98. The Morgan fingerprint density at radius 2 is 2.05 bits per heavy atom. The Morgan fingerprint density at radius 1 is 1.32 bits per heavy atom. The maximum Gasteiger partial charge on any atom is 0.0746 e. The average Bonchev–Trinajstić information content (AvgIpc) is 2.51. The molecule has 0 aromatic carbocycles. The van der Waals surface area contributed by atoms with Gasteiger partial charge in [-0.1, -0.05) is 20.8 Å². The first kappa shape index (κ1) is 16.9. The zero-order valence-electron chi connectivity index (χ0n) is 13.4. The van der Waals surface area contributed by atoms with Gasteiger partial charge in [0.05, 0.1) is 5.60 Å². The number of likely N-dealkylation sites (tertiary alicyclic amines) is 1. The van der Waals surface area contributed by atoms with E-state index in [-0.39, 0.29) is 0 Å². The highest BCUT2D eigenvalue weighted by atomic mass is 16.3. The zero-order valence-corrected chi connectivity index (χ0v) is 13.4. The quantitative estimate of drug-likeness (QED) is 0.746. The van der Waals surface area contributed by atoms with E-state index in [0.717, 1.165) is 13.0 Å². The van der Waals surface area contributed by atoms with Crippen molar-refractivity contribution in [3.05, 3.63) is 0 Å². The molecule has 1 heterocycles. The van der Waals surface area contributed by atoms with Crippen molar-refractivity contribution < 1.29 is 5.11 Å². The van der Waals surface area contributed by atoms with Crippen molar-refractivity contribution in [3.63, 3.8) is 0 Å². The minimum atomic E-state index is -0.566. The van der Waals surface area contributed by atoms with Crippen LogP contribution in [0.3, 0.4) is 0 Å². The molecule has 1 fully saturated rings. The van der Waals surface area contributed by atoms with Gasteiger partial charge >= 0.3 is 0 Å².